The van der Waals surface area contributed by atoms with Gasteiger partial charge in [0.1, 0.15) is 0 Å². The first-order chi connectivity index (χ1) is 9.59. The third-order valence-corrected chi connectivity index (χ3v) is 6.91. The van der Waals surface area contributed by atoms with E-state index in [1.165, 1.54) is 0 Å². The maximum atomic E-state index is 12.5. The molecular formula is C14H25N3O2S. The summed E-state index contributed by atoms with van der Waals surface area (Å²) < 4.78 is 26.7. The second-order valence-electron chi connectivity index (χ2n) is 5.82. The summed E-state index contributed by atoms with van der Waals surface area (Å²) in [5.41, 5.74) is 0. The van der Waals surface area contributed by atoms with Crippen molar-refractivity contribution in [3.63, 3.8) is 0 Å². The Balaban J connectivity index is 1.92. The van der Waals surface area contributed by atoms with Gasteiger partial charge in [-0.2, -0.15) is 9.57 Å². The minimum absolute atomic E-state index is 0.0589. The van der Waals surface area contributed by atoms with E-state index < -0.39 is 10.0 Å². The average Bonchev–Trinajstić information content (AvgIpc) is 3.00. The zero-order valence-electron chi connectivity index (χ0n) is 12.3. The number of nitrogens with zero attached hydrogens (tertiary/aromatic N) is 3. The molecule has 1 aliphatic heterocycles. The molecule has 0 spiro atoms. The molecule has 1 saturated carbocycles. The maximum Gasteiger partial charge on any atom is 0.217 e. The van der Waals surface area contributed by atoms with Crippen molar-refractivity contribution < 1.29 is 8.42 Å². The van der Waals surface area contributed by atoms with E-state index in [2.05, 4.69) is 17.9 Å². The second-order valence-corrected chi connectivity index (χ2v) is 8.03. The standard InChI is InChI=1S/C14H25N3O2S/c1-2-5-13(12-15)16-8-10-17(11-9-16)20(18,19)14-6-3-4-7-14/h13-14H,2-11H2,1H3. The molecule has 0 radical (unpaired) electrons. The maximum absolute atomic E-state index is 12.5. The molecule has 0 N–H and O–H groups in total. The predicted octanol–water partition coefficient (Wildman–Crippen LogP) is 1.57. The summed E-state index contributed by atoms with van der Waals surface area (Å²) in [7, 11) is -3.11. The molecule has 0 aromatic carbocycles. The summed E-state index contributed by atoms with van der Waals surface area (Å²) >= 11 is 0. The van der Waals surface area contributed by atoms with Crippen LogP contribution in [0, 0.1) is 11.3 Å². The number of sulfonamides is 1. The van der Waals surface area contributed by atoms with Crippen LogP contribution < -0.4 is 0 Å². The highest BCUT2D eigenvalue weighted by Gasteiger charge is 2.36. The Bertz CT molecular complexity index is 444. The summed E-state index contributed by atoms with van der Waals surface area (Å²) in [6, 6.07) is 2.28. The summed E-state index contributed by atoms with van der Waals surface area (Å²) in [6.07, 6.45) is 5.57. The molecule has 1 atom stereocenters. The smallest absolute Gasteiger partial charge is 0.217 e. The van der Waals surface area contributed by atoms with Crippen LogP contribution in [0.15, 0.2) is 0 Å². The molecule has 1 unspecified atom stereocenters. The fraction of sp³-hybridized carbons (Fsp3) is 0.929. The van der Waals surface area contributed by atoms with Gasteiger partial charge in [0.2, 0.25) is 10.0 Å². The third kappa shape index (κ3) is 3.33. The Kier molecular flexibility index (Phi) is 5.42. The highest BCUT2D eigenvalue weighted by Crippen LogP contribution is 2.27. The SMILES string of the molecule is CCCC(C#N)N1CCN(S(=O)(=O)C2CCCC2)CC1. The molecular weight excluding hydrogens is 274 g/mol. The summed E-state index contributed by atoms with van der Waals surface area (Å²) in [5, 5.41) is 9.03. The van der Waals surface area contributed by atoms with Crippen LogP contribution >= 0.6 is 0 Å². The highest BCUT2D eigenvalue weighted by molar-refractivity contribution is 7.89. The summed E-state index contributed by atoms with van der Waals surface area (Å²) in [4.78, 5) is 2.13. The van der Waals surface area contributed by atoms with Crippen LogP contribution in [0.25, 0.3) is 0 Å². The van der Waals surface area contributed by atoms with E-state index in [9.17, 15) is 13.7 Å². The van der Waals surface area contributed by atoms with Gasteiger partial charge in [0.05, 0.1) is 17.4 Å². The molecule has 1 heterocycles. The Hall–Kier alpha value is -0.640. The molecule has 1 aliphatic carbocycles. The van der Waals surface area contributed by atoms with Crippen LogP contribution in [0.5, 0.6) is 0 Å². The van der Waals surface area contributed by atoms with E-state index in [1.807, 2.05) is 0 Å². The molecule has 20 heavy (non-hydrogen) atoms. The van der Waals surface area contributed by atoms with E-state index in [4.69, 9.17) is 0 Å². The lowest BCUT2D eigenvalue weighted by Gasteiger charge is -2.37. The molecule has 2 aliphatic rings. The molecule has 114 valence electrons. The van der Waals surface area contributed by atoms with Gasteiger partial charge in [-0.1, -0.05) is 26.2 Å². The monoisotopic (exact) mass is 299 g/mol. The predicted molar refractivity (Wildman–Crippen MR) is 78.6 cm³/mol. The first-order valence-corrected chi connectivity index (χ1v) is 9.22. The molecule has 2 fully saturated rings. The van der Waals surface area contributed by atoms with Crippen molar-refractivity contribution in [2.24, 2.45) is 0 Å². The van der Waals surface area contributed by atoms with Gasteiger partial charge >= 0.3 is 0 Å². The van der Waals surface area contributed by atoms with E-state index >= 15 is 0 Å². The minimum atomic E-state index is -3.11. The number of rotatable bonds is 5. The fourth-order valence-electron chi connectivity index (χ4n) is 3.27. The number of piperazine rings is 1. The van der Waals surface area contributed by atoms with Crippen LogP contribution in [0.1, 0.15) is 45.4 Å². The van der Waals surface area contributed by atoms with Crippen molar-refractivity contribution in [2.75, 3.05) is 26.2 Å². The van der Waals surface area contributed by atoms with Gasteiger partial charge < -0.3 is 0 Å². The van der Waals surface area contributed by atoms with E-state index in [0.717, 1.165) is 38.5 Å². The van der Waals surface area contributed by atoms with Crippen LogP contribution in [0.4, 0.5) is 0 Å². The van der Waals surface area contributed by atoms with Crippen molar-refractivity contribution in [1.29, 1.82) is 5.26 Å². The largest absolute Gasteiger partial charge is 0.285 e. The van der Waals surface area contributed by atoms with Gasteiger partial charge in [0.15, 0.2) is 0 Å². The molecule has 0 amide bonds. The lowest BCUT2D eigenvalue weighted by Crippen LogP contribution is -2.53. The van der Waals surface area contributed by atoms with Crippen molar-refractivity contribution in [3.8, 4) is 6.07 Å². The Labute approximate surface area is 122 Å². The molecule has 0 bridgehead atoms. The Morgan fingerprint density at radius 2 is 1.80 bits per heavy atom. The molecule has 0 aromatic heterocycles. The van der Waals surface area contributed by atoms with Crippen molar-refractivity contribution in [1.82, 2.24) is 9.21 Å². The van der Waals surface area contributed by atoms with Gasteiger partial charge in [-0.15, -0.1) is 0 Å². The van der Waals surface area contributed by atoms with Crippen molar-refractivity contribution in [3.05, 3.63) is 0 Å². The summed E-state index contributed by atoms with van der Waals surface area (Å²) in [6.45, 7) is 4.53. The van der Waals surface area contributed by atoms with Crippen LogP contribution in [-0.4, -0.2) is 55.1 Å². The lowest BCUT2D eigenvalue weighted by molar-refractivity contribution is 0.156. The topological polar surface area (TPSA) is 64.4 Å². The zero-order valence-corrected chi connectivity index (χ0v) is 13.1. The average molecular weight is 299 g/mol. The Morgan fingerprint density at radius 1 is 1.20 bits per heavy atom. The fourth-order valence-corrected chi connectivity index (χ4v) is 5.29. The minimum Gasteiger partial charge on any atom is -0.285 e. The van der Waals surface area contributed by atoms with E-state index in [0.29, 0.717) is 26.2 Å². The normalized spacial score (nSPS) is 24.6. The van der Waals surface area contributed by atoms with Crippen molar-refractivity contribution >= 4 is 10.0 Å². The van der Waals surface area contributed by atoms with Gasteiger partial charge in [0.25, 0.3) is 0 Å². The quantitative estimate of drug-likeness (QED) is 0.773. The molecule has 2 rings (SSSR count). The first-order valence-electron chi connectivity index (χ1n) is 7.72. The van der Waals surface area contributed by atoms with Gasteiger partial charge in [0, 0.05) is 26.2 Å². The van der Waals surface area contributed by atoms with Crippen LogP contribution in [0.2, 0.25) is 0 Å². The zero-order chi connectivity index (χ0) is 14.6. The second kappa shape index (κ2) is 6.88. The van der Waals surface area contributed by atoms with E-state index in [-0.39, 0.29) is 11.3 Å². The Morgan fingerprint density at radius 3 is 2.30 bits per heavy atom. The van der Waals surface area contributed by atoms with Gasteiger partial charge in [-0.05, 0) is 19.3 Å². The van der Waals surface area contributed by atoms with Gasteiger partial charge in [-0.25, -0.2) is 8.42 Å². The first kappa shape index (κ1) is 15.7. The number of hydrogen-bond donors (Lipinski definition) is 0. The summed E-state index contributed by atoms with van der Waals surface area (Å²) in [5.74, 6) is 0. The molecule has 0 aromatic rings. The van der Waals surface area contributed by atoms with Gasteiger partial charge in [-0.3, -0.25) is 4.90 Å². The van der Waals surface area contributed by atoms with Crippen molar-refractivity contribution in [2.45, 2.75) is 56.7 Å². The van der Waals surface area contributed by atoms with Crippen LogP contribution in [0.3, 0.4) is 0 Å². The molecule has 5 nitrogen and oxygen atoms in total. The highest BCUT2D eigenvalue weighted by atomic mass is 32.2. The number of nitriles is 1. The molecule has 6 heteroatoms. The van der Waals surface area contributed by atoms with E-state index in [1.54, 1.807) is 4.31 Å². The van der Waals surface area contributed by atoms with Crippen LogP contribution in [-0.2, 0) is 10.0 Å². The number of hydrogen-bond acceptors (Lipinski definition) is 4. The third-order valence-electron chi connectivity index (χ3n) is 4.51. The molecule has 1 saturated heterocycles. The lowest BCUT2D eigenvalue weighted by atomic mass is 10.1.